The van der Waals surface area contributed by atoms with Gasteiger partial charge in [-0.3, -0.25) is 0 Å². The van der Waals surface area contributed by atoms with E-state index in [4.69, 9.17) is 0 Å². The van der Waals surface area contributed by atoms with Crippen LogP contribution in [0.25, 0.3) is 0 Å². The number of urea groups is 1. The van der Waals surface area contributed by atoms with Crippen molar-refractivity contribution in [3.8, 4) is 0 Å². The van der Waals surface area contributed by atoms with Crippen molar-refractivity contribution in [2.24, 2.45) is 0 Å². The lowest BCUT2D eigenvalue weighted by Gasteiger charge is -2.28. The van der Waals surface area contributed by atoms with E-state index < -0.39 is 5.82 Å². The van der Waals surface area contributed by atoms with Crippen LogP contribution < -0.4 is 5.32 Å². The first kappa shape index (κ1) is 16.0. The van der Waals surface area contributed by atoms with Crippen LogP contribution in [0.5, 0.6) is 0 Å². The van der Waals surface area contributed by atoms with E-state index in [0.717, 1.165) is 5.56 Å². The van der Waals surface area contributed by atoms with Gasteiger partial charge in [-0.1, -0.05) is 36.4 Å². The van der Waals surface area contributed by atoms with Gasteiger partial charge in [-0.05, 0) is 30.2 Å². The van der Waals surface area contributed by atoms with Gasteiger partial charge in [0.1, 0.15) is 5.82 Å². The number of nitrogens with zero attached hydrogens (tertiary/aromatic N) is 1. The molecule has 0 saturated carbocycles. The summed E-state index contributed by atoms with van der Waals surface area (Å²) in [5.74, 6) is -0.407. The average molecular weight is 302 g/mol. The van der Waals surface area contributed by atoms with Gasteiger partial charge in [-0.2, -0.15) is 0 Å². The summed E-state index contributed by atoms with van der Waals surface area (Å²) in [4.78, 5) is 13.8. The molecule has 22 heavy (non-hydrogen) atoms. The Morgan fingerprint density at radius 2 is 1.95 bits per heavy atom. The van der Waals surface area contributed by atoms with Crippen molar-refractivity contribution >= 4 is 11.7 Å². The number of carbonyl (C=O) groups is 1. The molecule has 5 heteroatoms. The van der Waals surface area contributed by atoms with E-state index in [1.54, 1.807) is 13.1 Å². The van der Waals surface area contributed by atoms with Crippen molar-refractivity contribution in [2.75, 3.05) is 19.0 Å². The molecule has 0 heterocycles. The molecule has 0 aliphatic carbocycles. The number of nitrogens with one attached hydrogen (secondary N) is 1. The summed E-state index contributed by atoms with van der Waals surface area (Å²) >= 11 is 0. The summed E-state index contributed by atoms with van der Waals surface area (Å²) in [6.07, 6.45) is 0.428. The van der Waals surface area contributed by atoms with Crippen LogP contribution in [-0.4, -0.2) is 29.7 Å². The minimum Gasteiger partial charge on any atom is -0.396 e. The van der Waals surface area contributed by atoms with Crippen molar-refractivity contribution in [3.63, 3.8) is 0 Å². The summed E-state index contributed by atoms with van der Waals surface area (Å²) in [6.45, 7) is -0.0306. The normalized spacial score (nSPS) is 11.8. The number of rotatable bonds is 5. The molecule has 1 atom stereocenters. The van der Waals surface area contributed by atoms with Crippen molar-refractivity contribution in [1.29, 1.82) is 0 Å². The highest BCUT2D eigenvalue weighted by Crippen LogP contribution is 2.23. The van der Waals surface area contributed by atoms with E-state index in [0.29, 0.717) is 12.1 Å². The molecular weight excluding hydrogens is 283 g/mol. The van der Waals surface area contributed by atoms with Crippen LogP contribution in [0.15, 0.2) is 54.6 Å². The Balaban J connectivity index is 2.12. The molecule has 2 amide bonds. The third kappa shape index (κ3) is 4.05. The van der Waals surface area contributed by atoms with Crippen molar-refractivity contribution in [1.82, 2.24) is 4.90 Å². The van der Waals surface area contributed by atoms with Gasteiger partial charge in [0.2, 0.25) is 0 Å². The Morgan fingerprint density at radius 1 is 1.23 bits per heavy atom. The lowest BCUT2D eigenvalue weighted by Crippen LogP contribution is -2.35. The quantitative estimate of drug-likeness (QED) is 0.889. The Kier molecular flexibility index (Phi) is 5.49. The van der Waals surface area contributed by atoms with Gasteiger partial charge in [-0.15, -0.1) is 0 Å². The summed E-state index contributed by atoms with van der Waals surface area (Å²) in [5, 5.41) is 11.9. The number of aliphatic hydroxyl groups excluding tert-OH is 1. The molecule has 0 fully saturated rings. The maximum Gasteiger partial charge on any atom is 0.322 e. The predicted octanol–water partition coefficient (Wildman–Crippen LogP) is 3.41. The highest BCUT2D eigenvalue weighted by atomic mass is 19.1. The van der Waals surface area contributed by atoms with Gasteiger partial charge < -0.3 is 15.3 Å². The third-order valence-electron chi connectivity index (χ3n) is 3.45. The van der Waals surface area contributed by atoms with Crippen LogP contribution in [0, 0.1) is 5.82 Å². The first-order valence-electron chi connectivity index (χ1n) is 7.07. The fraction of sp³-hybridized carbons (Fsp3) is 0.235. The van der Waals surface area contributed by atoms with Gasteiger partial charge in [-0.25, -0.2) is 9.18 Å². The van der Waals surface area contributed by atoms with Gasteiger partial charge >= 0.3 is 6.03 Å². The molecule has 2 rings (SSSR count). The van der Waals surface area contributed by atoms with E-state index in [1.165, 1.54) is 23.1 Å². The molecule has 0 radical (unpaired) electrons. The monoisotopic (exact) mass is 302 g/mol. The number of hydrogen-bond acceptors (Lipinski definition) is 2. The highest BCUT2D eigenvalue weighted by molar-refractivity contribution is 5.89. The molecule has 0 unspecified atom stereocenters. The molecule has 2 aromatic rings. The summed E-state index contributed by atoms with van der Waals surface area (Å²) < 4.78 is 13.2. The fourth-order valence-electron chi connectivity index (χ4n) is 2.30. The van der Waals surface area contributed by atoms with E-state index in [1.807, 2.05) is 30.3 Å². The first-order chi connectivity index (χ1) is 10.6. The Morgan fingerprint density at radius 3 is 2.59 bits per heavy atom. The topological polar surface area (TPSA) is 52.6 Å². The van der Waals surface area contributed by atoms with Gasteiger partial charge in [0.25, 0.3) is 0 Å². The molecule has 0 saturated heterocycles. The SMILES string of the molecule is CN(C(=O)Nc1cccc(F)c1)[C@H](CCO)c1ccccc1. The Labute approximate surface area is 129 Å². The molecule has 0 aliphatic heterocycles. The number of anilines is 1. The second kappa shape index (κ2) is 7.56. The number of amides is 2. The number of benzene rings is 2. The summed E-state index contributed by atoms with van der Waals surface area (Å²) in [7, 11) is 1.65. The molecule has 2 N–H and O–H groups in total. The van der Waals surface area contributed by atoms with Crippen LogP contribution in [0.1, 0.15) is 18.0 Å². The molecule has 116 valence electrons. The molecule has 4 nitrogen and oxygen atoms in total. The van der Waals surface area contributed by atoms with E-state index >= 15 is 0 Å². The van der Waals surface area contributed by atoms with Gasteiger partial charge in [0.15, 0.2) is 0 Å². The van der Waals surface area contributed by atoms with Crippen molar-refractivity contribution in [3.05, 3.63) is 66.0 Å². The van der Waals surface area contributed by atoms with Crippen molar-refractivity contribution < 1.29 is 14.3 Å². The lowest BCUT2D eigenvalue weighted by atomic mass is 10.0. The van der Waals surface area contributed by atoms with Crippen LogP contribution in [0.3, 0.4) is 0 Å². The molecule has 0 aliphatic rings. The largest absolute Gasteiger partial charge is 0.396 e. The highest BCUT2D eigenvalue weighted by Gasteiger charge is 2.21. The summed E-state index contributed by atoms with van der Waals surface area (Å²) in [5.41, 5.74) is 1.33. The van der Waals surface area contributed by atoms with Crippen LogP contribution in [0.4, 0.5) is 14.9 Å². The molecular formula is C17H19FN2O2. The number of carbonyl (C=O) groups excluding carboxylic acids is 1. The minimum absolute atomic E-state index is 0.0306. The lowest BCUT2D eigenvalue weighted by molar-refractivity contribution is 0.184. The minimum atomic E-state index is -0.407. The molecule has 0 spiro atoms. The van der Waals surface area contributed by atoms with Gasteiger partial charge in [0, 0.05) is 19.3 Å². The zero-order valence-corrected chi connectivity index (χ0v) is 12.4. The second-order valence-electron chi connectivity index (χ2n) is 4.99. The standard InChI is InChI=1S/C17H19FN2O2/c1-20(16(10-11-21)13-6-3-2-4-7-13)17(22)19-15-9-5-8-14(18)12-15/h2-9,12,16,21H,10-11H2,1H3,(H,19,22)/t16-/m1/s1. The van der Waals surface area contributed by atoms with E-state index in [9.17, 15) is 14.3 Å². The molecule has 0 bridgehead atoms. The number of hydrogen-bond donors (Lipinski definition) is 2. The zero-order chi connectivity index (χ0) is 15.9. The third-order valence-corrected chi connectivity index (χ3v) is 3.45. The number of aliphatic hydroxyl groups is 1. The second-order valence-corrected chi connectivity index (χ2v) is 4.99. The maximum atomic E-state index is 13.2. The first-order valence-corrected chi connectivity index (χ1v) is 7.07. The van der Waals surface area contributed by atoms with E-state index in [2.05, 4.69) is 5.32 Å². The fourth-order valence-corrected chi connectivity index (χ4v) is 2.30. The van der Waals surface area contributed by atoms with Crippen LogP contribution >= 0.6 is 0 Å². The predicted molar refractivity (Wildman–Crippen MR) is 84.1 cm³/mol. The Hall–Kier alpha value is -2.40. The maximum absolute atomic E-state index is 13.2. The van der Waals surface area contributed by atoms with Crippen LogP contribution in [-0.2, 0) is 0 Å². The Bertz CT molecular complexity index is 619. The molecule has 2 aromatic carbocycles. The molecule has 0 aromatic heterocycles. The summed E-state index contributed by atoms with van der Waals surface area (Å²) in [6, 6.07) is 14.6. The van der Waals surface area contributed by atoms with Crippen LogP contribution in [0.2, 0.25) is 0 Å². The zero-order valence-electron chi connectivity index (χ0n) is 12.4. The smallest absolute Gasteiger partial charge is 0.322 e. The van der Waals surface area contributed by atoms with E-state index in [-0.39, 0.29) is 18.7 Å². The average Bonchev–Trinajstić information content (AvgIpc) is 2.53. The number of halogens is 1. The van der Waals surface area contributed by atoms with Crippen molar-refractivity contribution in [2.45, 2.75) is 12.5 Å². The van der Waals surface area contributed by atoms with Gasteiger partial charge in [0.05, 0.1) is 6.04 Å².